The van der Waals surface area contributed by atoms with Crippen molar-refractivity contribution in [3.05, 3.63) is 78.4 Å². The van der Waals surface area contributed by atoms with Gasteiger partial charge in [-0.05, 0) is 58.5 Å². The summed E-state index contributed by atoms with van der Waals surface area (Å²) in [4.78, 5) is 0. The van der Waals surface area contributed by atoms with Gasteiger partial charge in [-0.3, -0.25) is 0 Å². The second-order valence-corrected chi connectivity index (χ2v) is 5.87. The summed E-state index contributed by atoms with van der Waals surface area (Å²) < 4.78 is 56.2. The van der Waals surface area contributed by atoms with Crippen LogP contribution in [0, 0.1) is 11.6 Å². The number of ether oxygens (including phenoxy) is 1. The minimum absolute atomic E-state index is 0.249. The van der Waals surface area contributed by atoms with Gasteiger partial charge in [0.2, 0.25) is 0 Å². The summed E-state index contributed by atoms with van der Waals surface area (Å²) in [6.45, 7) is 0.417. The fourth-order valence-corrected chi connectivity index (χ4v) is 2.83. The van der Waals surface area contributed by atoms with Crippen molar-refractivity contribution in [2.24, 2.45) is 0 Å². The maximum Gasteiger partial charge on any atom is 0.387 e. The molecule has 5 heteroatoms. The minimum atomic E-state index is -3.29. The highest BCUT2D eigenvalue weighted by atomic mass is 19.3. The first-order chi connectivity index (χ1) is 12.5. The summed E-state index contributed by atoms with van der Waals surface area (Å²) in [6.07, 6.45) is 3.64. The van der Waals surface area contributed by atoms with Gasteiger partial charge >= 0.3 is 6.61 Å². The third-order valence-corrected chi connectivity index (χ3v) is 4.08. The first-order valence-electron chi connectivity index (χ1n) is 8.06. The molecule has 0 aromatic heterocycles. The van der Waals surface area contributed by atoms with Gasteiger partial charge in [-0.15, -0.1) is 6.58 Å². The van der Waals surface area contributed by atoms with E-state index in [4.69, 9.17) is 0 Å². The molecule has 0 aliphatic rings. The lowest BCUT2D eigenvalue weighted by atomic mass is 9.98. The van der Waals surface area contributed by atoms with Crippen molar-refractivity contribution in [1.82, 2.24) is 0 Å². The van der Waals surface area contributed by atoms with Gasteiger partial charge in [0.05, 0.1) is 0 Å². The van der Waals surface area contributed by atoms with E-state index in [-0.39, 0.29) is 5.56 Å². The van der Waals surface area contributed by atoms with E-state index in [0.717, 1.165) is 35.7 Å². The van der Waals surface area contributed by atoms with Crippen LogP contribution >= 0.6 is 0 Å². The number of halogens is 4. The van der Waals surface area contributed by atoms with E-state index >= 15 is 0 Å². The summed E-state index contributed by atoms with van der Waals surface area (Å²) in [5.41, 5.74) is 2.01. The Hall–Kier alpha value is -2.82. The van der Waals surface area contributed by atoms with Gasteiger partial charge in [0.1, 0.15) is 0 Å². The SMILES string of the molecule is C=CCCc1ccc2cc(-c3cc(F)c(OC(F)F)c(F)c3)ccc2c1. The molecular weight excluding hydrogens is 344 g/mol. The largest absolute Gasteiger partial charge is 0.429 e. The predicted octanol–water partition coefficient (Wildman–Crippen LogP) is 6.51. The summed E-state index contributed by atoms with van der Waals surface area (Å²) >= 11 is 0. The van der Waals surface area contributed by atoms with E-state index in [1.54, 1.807) is 12.1 Å². The lowest BCUT2D eigenvalue weighted by Gasteiger charge is -2.10. The van der Waals surface area contributed by atoms with Gasteiger partial charge in [0.15, 0.2) is 17.4 Å². The second kappa shape index (κ2) is 7.60. The van der Waals surface area contributed by atoms with E-state index in [0.29, 0.717) is 5.56 Å². The zero-order valence-corrected chi connectivity index (χ0v) is 13.8. The van der Waals surface area contributed by atoms with Crippen molar-refractivity contribution in [2.45, 2.75) is 19.5 Å². The zero-order chi connectivity index (χ0) is 18.7. The van der Waals surface area contributed by atoms with Gasteiger partial charge in [0.25, 0.3) is 0 Å². The molecule has 0 amide bonds. The summed E-state index contributed by atoms with van der Waals surface area (Å²) in [6, 6.07) is 13.4. The Bertz CT molecular complexity index is 927. The molecule has 0 radical (unpaired) electrons. The topological polar surface area (TPSA) is 9.23 Å². The molecule has 3 aromatic rings. The summed E-state index contributed by atoms with van der Waals surface area (Å²) in [5, 5.41) is 1.92. The van der Waals surface area contributed by atoms with Crippen LogP contribution in [0.25, 0.3) is 21.9 Å². The average Bonchev–Trinajstić information content (AvgIpc) is 2.62. The average molecular weight is 360 g/mol. The van der Waals surface area contributed by atoms with Crippen molar-refractivity contribution in [2.75, 3.05) is 0 Å². The maximum atomic E-state index is 13.9. The Morgan fingerprint density at radius 3 is 2.19 bits per heavy atom. The first-order valence-corrected chi connectivity index (χ1v) is 8.06. The van der Waals surface area contributed by atoms with Crippen LogP contribution in [0.2, 0.25) is 0 Å². The molecule has 0 saturated heterocycles. The van der Waals surface area contributed by atoms with E-state index in [9.17, 15) is 17.6 Å². The molecule has 1 nitrogen and oxygen atoms in total. The molecule has 0 spiro atoms. The van der Waals surface area contributed by atoms with Crippen LogP contribution in [0.15, 0.2) is 61.2 Å². The molecule has 0 aliphatic heterocycles. The Balaban J connectivity index is 1.96. The van der Waals surface area contributed by atoms with Gasteiger partial charge < -0.3 is 4.74 Å². The van der Waals surface area contributed by atoms with E-state index in [1.807, 2.05) is 24.3 Å². The predicted molar refractivity (Wildman–Crippen MR) is 94.5 cm³/mol. The van der Waals surface area contributed by atoms with Crippen molar-refractivity contribution in [3.63, 3.8) is 0 Å². The third-order valence-electron chi connectivity index (χ3n) is 4.08. The molecule has 0 fully saturated rings. The van der Waals surface area contributed by atoms with Crippen molar-refractivity contribution in [1.29, 1.82) is 0 Å². The van der Waals surface area contributed by atoms with Crippen LogP contribution in [0.3, 0.4) is 0 Å². The lowest BCUT2D eigenvalue weighted by Crippen LogP contribution is -2.06. The molecule has 0 heterocycles. The van der Waals surface area contributed by atoms with E-state index in [2.05, 4.69) is 17.4 Å². The van der Waals surface area contributed by atoms with E-state index in [1.165, 1.54) is 5.56 Å². The van der Waals surface area contributed by atoms with Crippen molar-refractivity contribution >= 4 is 10.8 Å². The molecule has 0 saturated carbocycles. The Morgan fingerprint density at radius 2 is 1.54 bits per heavy atom. The number of aryl methyl sites for hydroxylation is 1. The first kappa shape index (κ1) is 18.0. The quantitative estimate of drug-likeness (QED) is 0.360. The highest BCUT2D eigenvalue weighted by Gasteiger charge is 2.17. The molecule has 3 rings (SSSR count). The molecular formula is C21H16F4O. The Morgan fingerprint density at radius 1 is 0.885 bits per heavy atom. The molecule has 134 valence electrons. The van der Waals surface area contributed by atoms with Crippen LogP contribution in [0.4, 0.5) is 17.6 Å². The van der Waals surface area contributed by atoms with Gasteiger partial charge in [-0.1, -0.05) is 36.4 Å². The number of benzene rings is 3. The van der Waals surface area contributed by atoms with Crippen molar-refractivity contribution < 1.29 is 22.3 Å². The molecule has 0 aliphatic carbocycles. The molecule has 26 heavy (non-hydrogen) atoms. The van der Waals surface area contributed by atoms with E-state index < -0.39 is 24.0 Å². The second-order valence-electron chi connectivity index (χ2n) is 5.87. The normalized spacial score (nSPS) is 11.1. The number of hydrogen-bond donors (Lipinski definition) is 0. The van der Waals surface area contributed by atoms with Crippen LogP contribution < -0.4 is 4.74 Å². The van der Waals surface area contributed by atoms with Crippen LogP contribution in [0.5, 0.6) is 5.75 Å². The zero-order valence-electron chi connectivity index (χ0n) is 13.8. The molecule has 0 N–H and O–H groups in total. The Kier molecular flexibility index (Phi) is 5.26. The molecule has 3 aromatic carbocycles. The smallest absolute Gasteiger partial charge is 0.387 e. The highest BCUT2D eigenvalue weighted by molar-refractivity contribution is 5.88. The fourth-order valence-electron chi connectivity index (χ4n) is 2.83. The van der Waals surface area contributed by atoms with Crippen LogP contribution in [-0.2, 0) is 6.42 Å². The summed E-state index contributed by atoms with van der Waals surface area (Å²) in [5.74, 6) is -3.41. The number of fused-ring (bicyclic) bond motifs is 1. The monoisotopic (exact) mass is 360 g/mol. The molecule has 0 unspecified atom stereocenters. The van der Waals surface area contributed by atoms with Gasteiger partial charge in [-0.25, -0.2) is 8.78 Å². The number of rotatable bonds is 6. The molecule has 0 bridgehead atoms. The third kappa shape index (κ3) is 3.87. The lowest BCUT2D eigenvalue weighted by molar-refractivity contribution is -0.0546. The fraction of sp³-hybridized carbons (Fsp3) is 0.143. The van der Waals surface area contributed by atoms with Crippen molar-refractivity contribution in [3.8, 4) is 16.9 Å². The van der Waals surface area contributed by atoms with Gasteiger partial charge in [-0.2, -0.15) is 8.78 Å². The standard InChI is InChI=1S/C21H16F4O/c1-2-3-4-13-5-6-15-10-16(8-7-14(15)9-13)17-11-18(22)20(19(23)12-17)26-21(24)25/h2,5-12,21H,1,3-4H2. The molecule has 0 atom stereocenters. The Labute approximate surface area is 148 Å². The number of allylic oxidation sites excluding steroid dienone is 1. The highest BCUT2D eigenvalue weighted by Crippen LogP contribution is 2.31. The van der Waals surface area contributed by atoms with Gasteiger partial charge in [0, 0.05) is 0 Å². The summed E-state index contributed by atoms with van der Waals surface area (Å²) in [7, 11) is 0. The minimum Gasteiger partial charge on any atom is -0.429 e. The van der Waals surface area contributed by atoms with Crippen LogP contribution in [-0.4, -0.2) is 6.61 Å². The van der Waals surface area contributed by atoms with Crippen LogP contribution in [0.1, 0.15) is 12.0 Å². The maximum absolute atomic E-state index is 13.9. The number of hydrogen-bond acceptors (Lipinski definition) is 1. The number of alkyl halides is 2.